The number of alkyl halides is 3. The molecule has 0 amide bonds. The van der Waals surface area contributed by atoms with E-state index in [2.05, 4.69) is 17.2 Å². The highest BCUT2D eigenvalue weighted by molar-refractivity contribution is 5.36. The Bertz CT molecular complexity index is 405. The predicted molar refractivity (Wildman–Crippen MR) is 64.3 cm³/mol. The molecule has 0 unspecified atom stereocenters. The summed E-state index contributed by atoms with van der Waals surface area (Å²) >= 11 is 0. The largest absolute Gasteiger partial charge is 0.433 e. The molecule has 1 heterocycles. The van der Waals surface area contributed by atoms with Crippen LogP contribution in [0.2, 0.25) is 0 Å². The molecule has 1 fully saturated rings. The number of pyridine rings is 1. The molecule has 5 heteroatoms. The smallest absolute Gasteiger partial charge is 0.370 e. The van der Waals surface area contributed by atoms with Crippen LogP contribution in [0.5, 0.6) is 0 Å². The Morgan fingerprint density at radius 2 is 2.06 bits per heavy atom. The van der Waals surface area contributed by atoms with Crippen LogP contribution in [0.3, 0.4) is 0 Å². The summed E-state index contributed by atoms with van der Waals surface area (Å²) < 4.78 is 37.5. The average molecular weight is 258 g/mol. The third-order valence-corrected chi connectivity index (χ3v) is 3.85. The van der Waals surface area contributed by atoms with E-state index in [0.717, 1.165) is 25.3 Å². The molecule has 18 heavy (non-hydrogen) atoms. The highest BCUT2D eigenvalue weighted by atomic mass is 19.4. The zero-order chi connectivity index (χ0) is 13.2. The third kappa shape index (κ3) is 2.76. The number of aromatic nitrogens is 1. The Morgan fingerprint density at radius 1 is 1.33 bits per heavy atom. The molecule has 0 aliphatic heterocycles. The van der Waals surface area contributed by atoms with Crippen molar-refractivity contribution in [2.24, 2.45) is 5.41 Å². The van der Waals surface area contributed by atoms with Gasteiger partial charge in [0.25, 0.3) is 0 Å². The van der Waals surface area contributed by atoms with Gasteiger partial charge in [0.15, 0.2) is 0 Å². The van der Waals surface area contributed by atoms with Crippen LogP contribution in [-0.4, -0.2) is 11.5 Å². The maximum atomic E-state index is 12.5. The summed E-state index contributed by atoms with van der Waals surface area (Å²) in [6.07, 6.45) is 0.187. The SMILES string of the molecule is CCC1(CNc2cccc(C(F)(F)F)n2)CCC1. The molecule has 0 radical (unpaired) electrons. The van der Waals surface area contributed by atoms with Crippen molar-refractivity contribution in [3.05, 3.63) is 23.9 Å². The van der Waals surface area contributed by atoms with Gasteiger partial charge in [-0.25, -0.2) is 4.98 Å². The fourth-order valence-corrected chi connectivity index (χ4v) is 2.30. The monoisotopic (exact) mass is 258 g/mol. The predicted octanol–water partition coefficient (Wildman–Crippen LogP) is 4.09. The minimum Gasteiger partial charge on any atom is -0.370 e. The summed E-state index contributed by atoms with van der Waals surface area (Å²) in [6, 6.07) is 3.96. The standard InChI is InChI=1S/C13H17F3N2/c1-2-12(7-4-8-12)9-17-11-6-3-5-10(18-11)13(14,15)16/h3,5-6H,2,4,7-9H2,1H3,(H,17,18). The zero-order valence-corrected chi connectivity index (χ0v) is 10.3. The first kappa shape index (κ1) is 13.2. The van der Waals surface area contributed by atoms with Crippen LogP contribution in [0.1, 0.15) is 38.3 Å². The third-order valence-electron chi connectivity index (χ3n) is 3.85. The van der Waals surface area contributed by atoms with Crippen molar-refractivity contribution in [1.29, 1.82) is 0 Å². The molecule has 100 valence electrons. The molecule has 2 rings (SSSR count). The summed E-state index contributed by atoms with van der Waals surface area (Å²) in [5, 5.41) is 3.04. The number of halogens is 3. The minimum atomic E-state index is -4.38. The van der Waals surface area contributed by atoms with Gasteiger partial charge in [-0.05, 0) is 36.8 Å². The molecule has 1 N–H and O–H groups in total. The topological polar surface area (TPSA) is 24.9 Å². The molecule has 1 aliphatic carbocycles. The van der Waals surface area contributed by atoms with Crippen molar-refractivity contribution in [1.82, 2.24) is 4.98 Å². The number of anilines is 1. The molecule has 1 aromatic rings. The van der Waals surface area contributed by atoms with E-state index >= 15 is 0 Å². The fourth-order valence-electron chi connectivity index (χ4n) is 2.30. The lowest BCUT2D eigenvalue weighted by molar-refractivity contribution is -0.141. The summed E-state index contributed by atoms with van der Waals surface area (Å²) in [4.78, 5) is 3.60. The van der Waals surface area contributed by atoms with Crippen LogP contribution >= 0.6 is 0 Å². The first-order chi connectivity index (χ1) is 8.45. The quantitative estimate of drug-likeness (QED) is 0.879. The zero-order valence-electron chi connectivity index (χ0n) is 10.3. The van der Waals surface area contributed by atoms with Crippen LogP contribution in [0.4, 0.5) is 19.0 Å². The minimum absolute atomic E-state index is 0.260. The van der Waals surface area contributed by atoms with Gasteiger partial charge in [0.1, 0.15) is 11.5 Å². The van der Waals surface area contributed by atoms with Crippen molar-refractivity contribution in [3.63, 3.8) is 0 Å². The maximum Gasteiger partial charge on any atom is 0.433 e. The molecule has 0 aromatic carbocycles. The highest BCUT2D eigenvalue weighted by Gasteiger charge is 2.35. The van der Waals surface area contributed by atoms with Gasteiger partial charge < -0.3 is 5.32 Å². The summed E-state index contributed by atoms with van der Waals surface area (Å²) in [5.41, 5.74) is -0.581. The lowest BCUT2D eigenvalue weighted by atomic mass is 9.67. The molecule has 1 aliphatic rings. The second-order valence-corrected chi connectivity index (χ2v) is 4.97. The Balaban J connectivity index is 2.01. The van der Waals surface area contributed by atoms with E-state index in [4.69, 9.17) is 0 Å². The molecule has 0 spiro atoms. The van der Waals surface area contributed by atoms with Crippen molar-refractivity contribution in [2.75, 3.05) is 11.9 Å². The molecular weight excluding hydrogens is 241 g/mol. The average Bonchev–Trinajstić information content (AvgIpc) is 2.27. The molecule has 1 saturated carbocycles. The van der Waals surface area contributed by atoms with Crippen molar-refractivity contribution >= 4 is 5.82 Å². The maximum absolute atomic E-state index is 12.5. The van der Waals surface area contributed by atoms with Crippen LogP contribution in [0.15, 0.2) is 18.2 Å². The van der Waals surface area contributed by atoms with Crippen molar-refractivity contribution in [2.45, 2.75) is 38.8 Å². The summed E-state index contributed by atoms with van der Waals surface area (Å²) in [5.74, 6) is 0.310. The van der Waals surface area contributed by atoms with E-state index < -0.39 is 11.9 Å². The molecule has 2 nitrogen and oxygen atoms in total. The normalized spacial score (nSPS) is 18.2. The van der Waals surface area contributed by atoms with E-state index in [1.54, 1.807) is 6.07 Å². The second-order valence-electron chi connectivity index (χ2n) is 4.97. The number of hydrogen-bond donors (Lipinski definition) is 1. The lowest BCUT2D eigenvalue weighted by Crippen LogP contribution is -2.36. The molecule has 0 bridgehead atoms. The number of nitrogens with one attached hydrogen (secondary N) is 1. The van der Waals surface area contributed by atoms with Crippen molar-refractivity contribution in [3.8, 4) is 0 Å². The second kappa shape index (κ2) is 4.78. The van der Waals surface area contributed by atoms with Gasteiger partial charge in [-0.1, -0.05) is 19.4 Å². The Hall–Kier alpha value is -1.26. The van der Waals surface area contributed by atoms with E-state index in [1.807, 2.05) is 0 Å². The molecular formula is C13H17F3N2. The van der Waals surface area contributed by atoms with Crippen LogP contribution in [0.25, 0.3) is 0 Å². The van der Waals surface area contributed by atoms with E-state index in [0.29, 0.717) is 12.4 Å². The molecule has 0 saturated heterocycles. The van der Waals surface area contributed by atoms with Gasteiger partial charge in [-0.15, -0.1) is 0 Å². The Morgan fingerprint density at radius 3 is 2.56 bits per heavy atom. The highest BCUT2D eigenvalue weighted by Crippen LogP contribution is 2.43. The number of rotatable bonds is 4. The van der Waals surface area contributed by atoms with Crippen LogP contribution in [-0.2, 0) is 6.18 Å². The summed E-state index contributed by atoms with van der Waals surface area (Å²) in [7, 11) is 0. The number of hydrogen-bond acceptors (Lipinski definition) is 2. The van der Waals surface area contributed by atoms with E-state index in [1.165, 1.54) is 12.5 Å². The van der Waals surface area contributed by atoms with Gasteiger partial charge in [0.2, 0.25) is 0 Å². The Labute approximate surface area is 105 Å². The molecule has 0 atom stereocenters. The Kier molecular flexibility index (Phi) is 3.50. The van der Waals surface area contributed by atoms with Gasteiger partial charge >= 0.3 is 6.18 Å². The van der Waals surface area contributed by atoms with E-state index in [-0.39, 0.29) is 5.41 Å². The lowest BCUT2D eigenvalue weighted by Gasteiger charge is -2.41. The first-order valence-electron chi connectivity index (χ1n) is 6.23. The fraction of sp³-hybridized carbons (Fsp3) is 0.615. The van der Waals surface area contributed by atoms with Crippen molar-refractivity contribution < 1.29 is 13.2 Å². The number of nitrogens with zero attached hydrogens (tertiary/aromatic N) is 1. The van der Waals surface area contributed by atoms with Gasteiger partial charge in [-0.3, -0.25) is 0 Å². The van der Waals surface area contributed by atoms with Crippen LogP contribution in [0, 0.1) is 5.41 Å². The van der Waals surface area contributed by atoms with Gasteiger partial charge in [-0.2, -0.15) is 13.2 Å². The molecule has 1 aromatic heterocycles. The first-order valence-corrected chi connectivity index (χ1v) is 6.23. The van der Waals surface area contributed by atoms with Gasteiger partial charge in [0, 0.05) is 6.54 Å². The van der Waals surface area contributed by atoms with Crippen LogP contribution < -0.4 is 5.32 Å². The summed E-state index contributed by atoms with van der Waals surface area (Å²) in [6.45, 7) is 2.83. The van der Waals surface area contributed by atoms with Gasteiger partial charge in [0.05, 0.1) is 0 Å². The van der Waals surface area contributed by atoms with E-state index in [9.17, 15) is 13.2 Å².